The molecule has 2 heterocycles. The van der Waals surface area contributed by atoms with Crippen molar-refractivity contribution in [3.8, 4) is 0 Å². The number of aliphatic hydroxyl groups excluding tert-OH is 1. The number of hydrogen-bond donors (Lipinski definition) is 2. The Morgan fingerprint density at radius 1 is 1.35 bits per heavy atom. The molecule has 3 rings (SSSR count). The van der Waals surface area contributed by atoms with E-state index >= 15 is 0 Å². The van der Waals surface area contributed by atoms with Gasteiger partial charge >= 0.3 is 0 Å². The summed E-state index contributed by atoms with van der Waals surface area (Å²) >= 11 is 1.71. The summed E-state index contributed by atoms with van der Waals surface area (Å²) in [7, 11) is 0. The van der Waals surface area contributed by atoms with E-state index in [1.54, 1.807) is 17.7 Å². The van der Waals surface area contributed by atoms with Crippen molar-refractivity contribution in [1.82, 2.24) is 9.97 Å². The van der Waals surface area contributed by atoms with Crippen LogP contribution in [-0.4, -0.2) is 27.2 Å². The minimum absolute atomic E-state index is 0.143. The zero-order valence-corrected chi connectivity index (χ0v) is 10.7. The first-order valence-corrected chi connectivity index (χ1v) is 6.62. The third-order valence-corrected chi connectivity index (χ3v) is 4.53. The van der Waals surface area contributed by atoms with Crippen molar-refractivity contribution in [1.29, 1.82) is 0 Å². The molecule has 2 aromatic heterocycles. The summed E-state index contributed by atoms with van der Waals surface area (Å²) in [5.74, 6) is 0.911. The van der Waals surface area contributed by atoms with Crippen LogP contribution in [0.5, 0.6) is 0 Å². The first-order chi connectivity index (χ1) is 8.15. The monoisotopic (exact) mass is 249 g/mol. The Morgan fingerprint density at radius 3 is 2.82 bits per heavy atom. The zero-order chi connectivity index (χ0) is 12.0. The molecule has 4 nitrogen and oxygen atoms in total. The van der Waals surface area contributed by atoms with Gasteiger partial charge in [0.05, 0.1) is 11.5 Å². The third-order valence-electron chi connectivity index (χ3n) is 3.42. The predicted octanol–water partition coefficient (Wildman–Crippen LogP) is 2.24. The molecule has 1 fully saturated rings. The van der Waals surface area contributed by atoms with E-state index in [4.69, 9.17) is 0 Å². The fourth-order valence-electron chi connectivity index (χ4n) is 2.19. The highest BCUT2D eigenvalue weighted by Crippen LogP contribution is 2.34. The highest BCUT2D eigenvalue weighted by Gasteiger charge is 2.28. The number of thiophene rings is 1. The van der Waals surface area contributed by atoms with E-state index in [1.165, 1.54) is 10.4 Å². The van der Waals surface area contributed by atoms with Gasteiger partial charge in [-0.3, -0.25) is 0 Å². The first kappa shape index (κ1) is 10.9. The summed E-state index contributed by atoms with van der Waals surface area (Å²) in [5.41, 5.74) is 1.26. The molecular formula is C12H15N3OS. The minimum Gasteiger partial charge on any atom is -0.393 e. The predicted molar refractivity (Wildman–Crippen MR) is 69.5 cm³/mol. The second kappa shape index (κ2) is 3.92. The molecule has 1 saturated carbocycles. The summed E-state index contributed by atoms with van der Waals surface area (Å²) < 4.78 is 0. The number of anilines is 1. The Kier molecular flexibility index (Phi) is 2.52. The summed E-state index contributed by atoms with van der Waals surface area (Å²) in [6.45, 7) is 4.22. The maximum atomic E-state index is 9.30. The molecule has 5 heteroatoms. The number of fused-ring (bicyclic) bond motifs is 1. The molecule has 0 bridgehead atoms. The topological polar surface area (TPSA) is 58.0 Å². The van der Waals surface area contributed by atoms with Crippen LogP contribution in [-0.2, 0) is 0 Å². The molecule has 1 aliphatic carbocycles. The Bertz CT molecular complexity index is 560. The van der Waals surface area contributed by atoms with Gasteiger partial charge in [-0.2, -0.15) is 0 Å². The Labute approximate surface area is 104 Å². The fourth-order valence-corrected chi connectivity index (χ4v) is 3.19. The third kappa shape index (κ3) is 1.79. The molecule has 2 N–H and O–H groups in total. The number of rotatable bonds is 2. The van der Waals surface area contributed by atoms with Crippen LogP contribution in [0.1, 0.15) is 23.3 Å². The number of hydrogen-bond acceptors (Lipinski definition) is 5. The van der Waals surface area contributed by atoms with Crippen LogP contribution in [0.15, 0.2) is 6.33 Å². The molecule has 90 valence electrons. The molecule has 1 aliphatic rings. The maximum Gasteiger partial charge on any atom is 0.138 e. The van der Waals surface area contributed by atoms with Gasteiger partial charge in [0.1, 0.15) is 17.0 Å². The molecule has 0 aliphatic heterocycles. The number of aromatic nitrogens is 2. The number of aryl methyl sites for hydroxylation is 2. The summed E-state index contributed by atoms with van der Waals surface area (Å²) in [6, 6.07) is 0.350. The average molecular weight is 249 g/mol. The molecular weight excluding hydrogens is 234 g/mol. The smallest absolute Gasteiger partial charge is 0.138 e. The molecule has 0 unspecified atom stereocenters. The first-order valence-electron chi connectivity index (χ1n) is 5.80. The lowest BCUT2D eigenvalue weighted by Crippen LogP contribution is -2.39. The highest BCUT2D eigenvalue weighted by atomic mass is 32.1. The zero-order valence-electron chi connectivity index (χ0n) is 9.90. The van der Waals surface area contributed by atoms with Crippen LogP contribution in [0.3, 0.4) is 0 Å². The lowest BCUT2D eigenvalue weighted by molar-refractivity contribution is 0.0836. The van der Waals surface area contributed by atoms with Crippen molar-refractivity contribution in [2.75, 3.05) is 5.32 Å². The van der Waals surface area contributed by atoms with E-state index in [9.17, 15) is 5.11 Å². The van der Waals surface area contributed by atoms with Crippen molar-refractivity contribution >= 4 is 27.4 Å². The van der Waals surface area contributed by atoms with Crippen molar-refractivity contribution in [2.24, 2.45) is 0 Å². The molecule has 0 amide bonds. The van der Waals surface area contributed by atoms with E-state index in [0.29, 0.717) is 6.04 Å². The van der Waals surface area contributed by atoms with Gasteiger partial charge in [-0.15, -0.1) is 11.3 Å². The SMILES string of the molecule is Cc1sc2ncnc(NC3CC(O)C3)c2c1C. The van der Waals surface area contributed by atoms with E-state index in [-0.39, 0.29) is 6.10 Å². The van der Waals surface area contributed by atoms with Crippen molar-refractivity contribution in [2.45, 2.75) is 38.8 Å². The van der Waals surface area contributed by atoms with E-state index in [2.05, 4.69) is 29.1 Å². The van der Waals surface area contributed by atoms with Gasteiger partial charge in [0, 0.05) is 10.9 Å². The van der Waals surface area contributed by atoms with Crippen molar-refractivity contribution < 1.29 is 5.11 Å². The second-order valence-electron chi connectivity index (χ2n) is 4.65. The maximum absolute atomic E-state index is 9.30. The van der Waals surface area contributed by atoms with Crippen molar-refractivity contribution in [3.05, 3.63) is 16.8 Å². The normalized spacial score (nSPS) is 23.7. The molecule has 2 aromatic rings. The summed E-state index contributed by atoms with van der Waals surface area (Å²) in [6.07, 6.45) is 3.09. The molecule has 0 atom stereocenters. The largest absolute Gasteiger partial charge is 0.393 e. The summed E-state index contributed by atoms with van der Waals surface area (Å²) in [5, 5.41) is 13.8. The van der Waals surface area contributed by atoms with Gasteiger partial charge in [0.2, 0.25) is 0 Å². The van der Waals surface area contributed by atoms with Crippen LogP contribution in [0, 0.1) is 13.8 Å². The lowest BCUT2D eigenvalue weighted by atomic mass is 9.89. The molecule has 0 aromatic carbocycles. The number of nitrogens with zero attached hydrogens (tertiary/aromatic N) is 2. The van der Waals surface area contributed by atoms with Gasteiger partial charge in [0.15, 0.2) is 0 Å². The Hall–Kier alpha value is -1.20. The number of nitrogens with one attached hydrogen (secondary N) is 1. The standard InChI is InChI=1S/C12H15N3OS/c1-6-7(2)17-12-10(6)11(13-5-14-12)15-8-3-9(16)4-8/h5,8-9,16H,3-4H2,1-2H3,(H,13,14,15). The molecule has 0 saturated heterocycles. The quantitative estimate of drug-likeness (QED) is 0.857. The highest BCUT2D eigenvalue weighted by molar-refractivity contribution is 7.18. The van der Waals surface area contributed by atoms with Crippen LogP contribution < -0.4 is 5.32 Å². The summed E-state index contributed by atoms with van der Waals surface area (Å²) in [4.78, 5) is 11.0. The van der Waals surface area contributed by atoms with Crippen LogP contribution >= 0.6 is 11.3 Å². The Morgan fingerprint density at radius 2 is 2.12 bits per heavy atom. The van der Waals surface area contributed by atoms with Crippen LogP contribution in [0.2, 0.25) is 0 Å². The molecule has 0 radical (unpaired) electrons. The van der Waals surface area contributed by atoms with Gasteiger partial charge in [-0.1, -0.05) is 0 Å². The van der Waals surface area contributed by atoms with Gasteiger partial charge in [-0.25, -0.2) is 9.97 Å². The lowest BCUT2D eigenvalue weighted by Gasteiger charge is -2.32. The van der Waals surface area contributed by atoms with E-state index in [0.717, 1.165) is 28.9 Å². The second-order valence-corrected chi connectivity index (χ2v) is 5.86. The van der Waals surface area contributed by atoms with Gasteiger partial charge in [-0.05, 0) is 32.3 Å². The number of aliphatic hydroxyl groups is 1. The molecule has 17 heavy (non-hydrogen) atoms. The fraction of sp³-hybridized carbons (Fsp3) is 0.500. The van der Waals surface area contributed by atoms with Crippen LogP contribution in [0.25, 0.3) is 10.2 Å². The van der Waals surface area contributed by atoms with Crippen LogP contribution in [0.4, 0.5) is 5.82 Å². The van der Waals surface area contributed by atoms with Crippen molar-refractivity contribution in [3.63, 3.8) is 0 Å². The Balaban J connectivity index is 1.98. The molecule has 0 spiro atoms. The van der Waals surface area contributed by atoms with Gasteiger partial charge < -0.3 is 10.4 Å². The minimum atomic E-state index is -0.143. The average Bonchev–Trinajstić information content (AvgIpc) is 2.54. The van der Waals surface area contributed by atoms with E-state index < -0.39 is 0 Å². The van der Waals surface area contributed by atoms with E-state index in [1.807, 2.05) is 0 Å². The van der Waals surface area contributed by atoms with Gasteiger partial charge in [0.25, 0.3) is 0 Å².